The molecule has 0 unspecified atom stereocenters. The molecule has 0 heterocycles. The first-order chi connectivity index (χ1) is 8.16. The average Bonchev–Trinajstić information content (AvgIpc) is 2.23. The predicted octanol–water partition coefficient (Wildman–Crippen LogP) is 0.324. The highest BCUT2D eigenvalue weighted by Gasteiger charge is 2.17. The van der Waals surface area contributed by atoms with Crippen molar-refractivity contribution >= 4 is 20.0 Å². The molecule has 0 radical (unpaired) electrons. The topological polar surface area (TPSA) is 120 Å². The lowest BCUT2D eigenvalue weighted by Gasteiger charge is -2.09. The number of unbranched alkanes of at least 4 members (excludes halogenated alkanes) is 1. The van der Waals surface area contributed by atoms with E-state index < -0.39 is 20.0 Å². The second kappa shape index (κ2) is 5.35. The Kier molecular flexibility index (Phi) is 4.49. The molecule has 18 heavy (non-hydrogen) atoms. The van der Waals surface area contributed by atoms with Crippen molar-refractivity contribution in [1.29, 1.82) is 0 Å². The van der Waals surface area contributed by atoms with Gasteiger partial charge in [-0.05, 0) is 36.6 Å². The highest BCUT2D eigenvalue weighted by atomic mass is 32.2. The maximum absolute atomic E-state index is 11.4. The molecular weight excluding hydrogens is 276 g/mol. The Balaban J connectivity index is 3.39. The van der Waals surface area contributed by atoms with Crippen molar-refractivity contribution < 1.29 is 16.8 Å². The van der Waals surface area contributed by atoms with Crippen molar-refractivity contribution in [3.8, 4) is 0 Å². The Hall–Kier alpha value is -0.960. The lowest BCUT2D eigenvalue weighted by Crippen LogP contribution is -2.17. The Bertz CT molecular complexity index is 636. The fraction of sp³-hybridized carbons (Fsp3) is 0.400. The molecular formula is C10H16N2O4S2. The molecule has 0 aliphatic rings. The van der Waals surface area contributed by atoms with Crippen molar-refractivity contribution in [2.24, 2.45) is 10.3 Å². The molecule has 0 spiro atoms. The number of hydrogen-bond donors (Lipinski definition) is 2. The fourth-order valence-electron chi connectivity index (χ4n) is 1.57. The van der Waals surface area contributed by atoms with Gasteiger partial charge >= 0.3 is 0 Å². The first-order valence-corrected chi connectivity index (χ1v) is 8.44. The lowest BCUT2D eigenvalue weighted by molar-refractivity contribution is 0.592. The third kappa shape index (κ3) is 3.77. The van der Waals surface area contributed by atoms with Crippen LogP contribution in [0.2, 0.25) is 0 Å². The van der Waals surface area contributed by atoms with Gasteiger partial charge in [-0.2, -0.15) is 0 Å². The van der Waals surface area contributed by atoms with Gasteiger partial charge in [0, 0.05) is 0 Å². The van der Waals surface area contributed by atoms with E-state index in [1.807, 2.05) is 6.92 Å². The maximum Gasteiger partial charge on any atom is 0.238 e. The number of sulfonamides is 2. The van der Waals surface area contributed by atoms with E-state index in [0.29, 0.717) is 12.0 Å². The summed E-state index contributed by atoms with van der Waals surface area (Å²) in [7, 11) is -7.71. The lowest BCUT2D eigenvalue weighted by atomic mass is 10.1. The van der Waals surface area contributed by atoms with E-state index in [0.717, 1.165) is 18.9 Å². The van der Waals surface area contributed by atoms with Gasteiger partial charge in [0.2, 0.25) is 20.0 Å². The summed E-state index contributed by atoms with van der Waals surface area (Å²) in [6, 6.07) is 3.59. The zero-order valence-corrected chi connectivity index (χ0v) is 11.6. The molecule has 1 aromatic rings. The van der Waals surface area contributed by atoms with Crippen LogP contribution in [0.3, 0.4) is 0 Å². The van der Waals surface area contributed by atoms with E-state index in [9.17, 15) is 16.8 Å². The van der Waals surface area contributed by atoms with Gasteiger partial charge < -0.3 is 0 Å². The number of hydrogen-bond acceptors (Lipinski definition) is 4. The van der Waals surface area contributed by atoms with Crippen LogP contribution >= 0.6 is 0 Å². The third-order valence-electron chi connectivity index (χ3n) is 2.47. The van der Waals surface area contributed by atoms with Crippen molar-refractivity contribution in [2.45, 2.75) is 36.0 Å². The number of benzene rings is 1. The fourth-order valence-corrected chi connectivity index (χ4v) is 2.92. The average molecular weight is 292 g/mol. The third-order valence-corrected chi connectivity index (χ3v) is 4.39. The molecule has 1 aromatic carbocycles. The van der Waals surface area contributed by atoms with Crippen LogP contribution in [0.4, 0.5) is 0 Å². The summed E-state index contributed by atoms with van der Waals surface area (Å²) in [5, 5.41) is 10.1. The quantitative estimate of drug-likeness (QED) is 0.812. The van der Waals surface area contributed by atoms with E-state index in [2.05, 4.69) is 0 Å². The largest absolute Gasteiger partial charge is 0.238 e. The standard InChI is InChI=1S/C10H16N2O4S2/c1-2-3-4-8-7-9(17(11,13)14)5-6-10(8)18(12,15)16/h5-7H,2-4H2,1H3,(H2,11,13,14)(H2,12,15,16). The van der Waals surface area contributed by atoms with Gasteiger partial charge in [-0.25, -0.2) is 27.1 Å². The number of rotatable bonds is 5. The minimum Gasteiger partial charge on any atom is -0.225 e. The first kappa shape index (κ1) is 15.1. The van der Waals surface area contributed by atoms with Gasteiger partial charge in [-0.1, -0.05) is 13.3 Å². The van der Waals surface area contributed by atoms with Crippen LogP contribution in [0, 0.1) is 0 Å². The zero-order chi connectivity index (χ0) is 14.0. The number of nitrogens with two attached hydrogens (primary N) is 2. The maximum atomic E-state index is 11.4. The molecule has 0 aliphatic heterocycles. The van der Waals surface area contributed by atoms with Crippen LogP contribution in [0.5, 0.6) is 0 Å². The molecule has 1 rings (SSSR count). The summed E-state index contributed by atoms with van der Waals surface area (Å²) in [4.78, 5) is -0.163. The molecule has 8 heteroatoms. The Morgan fingerprint density at radius 2 is 1.67 bits per heavy atom. The van der Waals surface area contributed by atoms with Crippen LogP contribution in [-0.4, -0.2) is 16.8 Å². The second-order valence-corrected chi connectivity index (χ2v) is 7.05. The minimum atomic E-state index is -3.86. The number of aryl methyl sites for hydroxylation is 1. The van der Waals surface area contributed by atoms with Gasteiger partial charge in [0.15, 0.2) is 0 Å². The Morgan fingerprint density at radius 3 is 2.11 bits per heavy atom. The second-order valence-electron chi connectivity index (χ2n) is 3.96. The molecule has 0 aromatic heterocycles. The van der Waals surface area contributed by atoms with Crippen LogP contribution in [0.15, 0.2) is 28.0 Å². The summed E-state index contributed by atoms with van der Waals surface area (Å²) < 4.78 is 45.2. The summed E-state index contributed by atoms with van der Waals surface area (Å²) in [6.07, 6.45) is 2.02. The van der Waals surface area contributed by atoms with Gasteiger partial charge in [-0.15, -0.1) is 0 Å². The SMILES string of the molecule is CCCCc1cc(S(N)(=O)=O)ccc1S(N)(=O)=O. The highest BCUT2D eigenvalue weighted by molar-refractivity contribution is 7.89. The van der Waals surface area contributed by atoms with E-state index in [-0.39, 0.29) is 9.79 Å². The van der Waals surface area contributed by atoms with Gasteiger partial charge in [-0.3, -0.25) is 0 Å². The first-order valence-electron chi connectivity index (χ1n) is 5.35. The van der Waals surface area contributed by atoms with Crippen LogP contribution < -0.4 is 10.3 Å². The molecule has 0 saturated carbocycles. The summed E-state index contributed by atoms with van der Waals surface area (Å²) >= 11 is 0. The zero-order valence-electron chi connectivity index (χ0n) is 9.96. The normalized spacial score (nSPS) is 12.6. The molecule has 0 aliphatic carbocycles. The van der Waals surface area contributed by atoms with E-state index in [4.69, 9.17) is 10.3 Å². The molecule has 0 atom stereocenters. The van der Waals surface area contributed by atoms with Crippen LogP contribution in [0.1, 0.15) is 25.3 Å². The van der Waals surface area contributed by atoms with E-state index >= 15 is 0 Å². The minimum absolute atomic E-state index is 0.0525. The smallest absolute Gasteiger partial charge is 0.225 e. The molecule has 102 valence electrons. The van der Waals surface area contributed by atoms with Gasteiger partial charge in [0.05, 0.1) is 9.79 Å². The molecule has 0 amide bonds. The van der Waals surface area contributed by atoms with Crippen molar-refractivity contribution in [3.05, 3.63) is 23.8 Å². The van der Waals surface area contributed by atoms with Crippen LogP contribution in [0.25, 0.3) is 0 Å². The van der Waals surface area contributed by atoms with Gasteiger partial charge in [0.25, 0.3) is 0 Å². The van der Waals surface area contributed by atoms with Crippen molar-refractivity contribution in [3.63, 3.8) is 0 Å². The molecule has 0 fully saturated rings. The Labute approximate surface area is 107 Å². The summed E-state index contributed by atoms with van der Waals surface area (Å²) in [5.41, 5.74) is 0.380. The van der Waals surface area contributed by atoms with E-state index in [1.54, 1.807) is 0 Å². The highest BCUT2D eigenvalue weighted by Crippen LogP contribution is 2.20. The molecule has 6 nitrogen and oxygen atoms in total. The Morgan fingerprint density at radius 1 is 1.06 bits per heavy atom. The van der Waals surface area contributed by atoms with Crippen molar-refractivity contribution in [1.82, 2.24) is 0 Å². The molecule has 0 saturated heterocycles. The van der Waals surface area contributed by atoms with Gasteiger partial charge in [0.1, 0.15) is 0 Å². The van der Waals surface area contributed by atoms with E-state index in [1.165, 1.54) is 12.1 Å². The summed E-state index contributed by atoms with van der Waals surface area (Å²) in [5.74, 6) is 0. The predicted molar refractivity (Wildman–Crippen MR) is 67.8 cm³/mol. The summed E-state index contributed by atoms with van der Waals surface area (Å²) in [6.45, 7) is 1.94. The molecule has 0 bridgehead atoms. The number of primary sulfonamides is 2. The van der Waals surface area contributed by atoms with Crippen LogP contribution in [-0.2, 0) is 26.5 Å². The molecule has 4 N–H and O–H groups in total. The van der Waals surface area contributed by atoms with Crippen molar-refractivity contribution in [2.75, 3.05) is 0 Å². The monoisotopic (exact) mass is 292 g/mol.